The smallest absolute Gasteiger partial charge is 0.307 e. The lowest BCUT2D eigenvalue weighted by Gasteiger charge is -2.35. The summed E-state index contributed by atoms with van der Waals surface area (Å²) in [7, 11) is 0. The van der Waals surface area contributed by atoms with Crippen LogP contribution >= 0.6 is 0 Å². The summed E-state index contributed by atoms with van der Waals surface area (Å²) in [6, 6.07) is 10.3. The molecule has 0 aliphatic heterocycles. The largest absolute Gasteiger partial charge is 0.481 e. The summed E-state index contributed by atoms with van der Waals surface area (Å²) in [5, 5.41) is 15.6. The normalized spacial score (nSPS) is 13.8. The van der Waals surface area contributed by atoms with Gasteiger partial charge in [-0.1, -0.05) is 64.4 Å². The Morgan fingerprint density at radius 3 is 2.35 bits per heavy atom. The van der Waals surface area contributed by atoms with Gasteiger partial charge in [-0.05, 0) is 36.9 Å². The minimum Gasteiger partial charge on any atom is -0.481 e. The van der Waals surface area contributed by atoms with E-state index in [4.69, 9.17) is 0 Å². The van der Waals surface area contributed by atoms with Gasteiger partial charge in [0.1, 0.15) is 0 Å². The average molecular weight is 363 g/mol. The molecule has 146 valence electrons. The number of carboxylic acid groups (broad SMARTS) is 1. The van der Waals surface area contributed by atoms with Crippen LogP contribution in [0.1, 0.15) is 46.1 Å². The van der Waals surface area contributed by atoms with E-state index >= 15 is 0 Å². The van der Waals surface area contributed by atoms with Crippen LogP contribution in [-0.2, 0) is 16.0 Å². The fourth-order valence-electron chi connectivity index (χ4n) is 3.16. The van der Waals surface area contributed by atoms with Crippen molar-refractivity contribution in [2.75, 3.05) is 19.6 Å². The predicted octanol–water partition coefficient (Wildman–Crippen LogP) is 3.10. The Morgan fingerprint density at radius 1 is 1.12 bits per heavy atom. The molecule has 0 aliphatic carbocycles. The summed E-state index contributed by atoms with van der Waals surface area (Å²) in [5.74, 6) is -2.31. The van der Waals surface area contributed by atoms with Gasteiger partial charge in [0.15, 0.2) is 0 Å². The van der Waals surface area contributed by atoms with Gasteiger partial charge in [0.05, 0.1) is 11.8 Å². The molecule has 0 aliphatic rings. The van der Waals surface area contributed by atoms with Crippen molar-refractivity contribution < 1.29 is 14.7 Å². The molecule has 0 radical (unpaired) electrons. The second-order valence-electron chi connectivity index (χ2n) is 7.58. The van der Waals surface area contributed by atoms with Gasteiger partial charge >= 0.3 is 5.97 Å². The third-order valence-electron chi connectivity index (χ3n) is 5.19. The number of benzene rings is 1. The molecule has 5 heteroatoms. The molecule has 2 unspecified atom stereocenters. The van der Waals surface area contributed by atoms with Gasteiger partial charge in [-0.15, -0.1) is 0 Å². The first kappa shape index (κ1) is 22.2. The van der Waals surface area contributed by atoms with Crippen LogP contribution in [0.5, 0.6) is 0 Å². The molecule has 3 N–H and O–H groups in total. The van der Waals surface area contributed by atoms with E-state index in [-0.39, 0.29) is 11.3 Å². The highest BCUT2D eigenvalue weighted by Crippen LogP contribution is 2.36. The van der Waals surface area contributed by atoms with Crippen LogP contribution in [0.4, 0.5) is 0 Å². The lowest BCUT2D eigenvalue weighted by Crippen LogP contribution is -2.45. The zero-order valence-electron chi connectivity index (χ0n) is 16.5. The Balaban J connectivity index is 2.33. The Hall–Kier alpha value is -1.88. The monoisotopic (exact) mass is 362 g/mol. The SMILES string of the molecule is CCC(C)(C)C(C(=O)NCCCNCCc1ccccc1)C(C)C(=O)O. The van der Waals surface area contributed by atoms with Crippen LogP contribution < -0.4 is 10.6 Å². The molecule has 0 fully saturated rings. The number of amides is 1. The zero-order chi connectivity index (χ0) is 19.6. The van der Waals surface area contributed by atoms with Gasteiger partial charge in [0, 0.05) is 6.54 Å². The number of carbonyl (C=O) groups is 2. The molecule has 26 heavy (non-hydrogen) atoms. The molecule has 0 heterocycles. The molecule has 0 saturated carbocycles. The zero-order valence-corrected chi connectivity index (χ0v) is 16.5. The lowest BCUT2D eigenvalue weighted by atomic mass is 9.70. The van der Waals surface area contributed by atoms with E-state index in [9.17, 15) is 14.7 Å². The second-order valence-corrected chi connectivity index (χ2v) is 7.58. The second kappa shape index (κ2) is 11.0. The van der Waals surface area contributed by atoms with E-state index in [2.05, 4.69) is 22.8 Å². The van der Waals surface area contributed by atoms with Crippen molar-refractivity contribution in [1.82, 2.24) is 10.6 Å². The molecule has 1 aromatic rings. The first-order valence-electron chi connectivity index (χ1n) is 9.54. The summed E-state index contributed by atoms with van der Waals surface area (Å²) in [6.45, 7) is 9.81. The van der Waals surface area contributed by atoms with E-state index in [1.165, 1.54) is 5.56 Å². The quantitative estimate of drug-likeness (QED) is 0.499. The topological polar surface area (TPSA) is 78.4 Å². The number of nitrogens with one attached hydrogen (secondary N) is 2. The van der Waals surface area contributed by atoms with Gasteiger partial charge < -0.3 is 15.7 Å². The fraction of sp³-hybridized carbons (Fsp3) is 0.619. The highest BCUT2D eigenvalue weighted by atomic mass is 16.4. The number of aliphatic carboxylic acids is 1. The van der Waals surface area contributed by atoms with Crippen LogP contribution in [0.25, 0.3) is 0 Å². The molecule has 5 nitrogen and oxygen atoms in total. The summed E-state index contributed by atoms with van der Waals surface area (Å²) in [5.41, 5.74) is 0.955. The Bertz CT molecular complexity index is 558. The van der Waals surface area contributed by atoms with Gasteiger partial charge in [-0.25, -0.2) is 0 Å². The number of hydrogen-bond acceptors (Lipinski definition) is 3. The maximum atomic E-state index is 12.6. The van der Waals surface area contributed by atoms with E-state index < -0.39 is 17.8 Å². The Kier molecular flexibility index (Phi) is 9.35. The van der Waals surface area contributed by atoms with Gasteiger partial charge in [0.25, 0.3) is 0 Å². The Labute approximate surface area is 157 Å². The molecular weight excluding hydrogens is 328 g/mol. The Morgan fingerprint density at radius 2 is 1.77 bits per heavy atom. The third-order valence-corrected chi connectivity index (χ3v) is 5.19. The summed E-state index contributed by atoms with van der Waals surface area (Å²) < 4.78 is 0. The van der Waals surface area contributed by atoms with Crippen LogP contribution in [0, 0.1) is 17.3 Å². The summed E-state index contributed by atoms with van der Waals surface area (Å²) >= 11 is 0. The van der Waals surface area contributed by atoms with Crippen molar-refractivity contribution in [3.63, 3.8) is 0 Å². The maximum absolute atomic E-state index is 12.6. The standard InChI is InChI=1S/C21H34N2O3/c1-5-21(3,4)18(16(2)20(25)26)19(24)23-14-9-13-22-15-12-17-10-7-6-8-11-17/h6-8,10-11,16,18,22H,5,9,12-15H2,1-4H3,(H,23,24)(H,25,26). The molecule has 1 amide bonds. The first-order chi connectivity index (χ1) is 12.3. The molecule has 0 aromatic heterocycles. The summed E-state index contributed by atoms with van der Waals surface area (Å²) in [4.78, 5) is 24.0. The molecule has 0 spiro atoms. The summed E-state index contributed by atoms with van der Waals surface area (Å²) in [6.07, 6.45) is 2.56. The van der Waals surface area contributed by atoms with E-state index in [1.54, 1.807) is 6.92 Å². The van der Waals surface area contributed by atoms with Gasteiger partial charge in [-0.3, -0.25) is 9.59 Å². The highest BCUT2D eigenvalue weighted by molar-refractivity contribution is 5.85. The lowest BCUT2D eigenvalue weighted by molar-refractivity contribution is -0.150. The molecule has 1 rings (SSSR count). The van der Waals surface area contributed by atoms with Crippen LogP contribution in [-0.4, -0.2) is 36.6 Å². The van der Waals surface area contributed by atoms with E-state index in [0.29, 0.717) is 6.54 Å². The molecule has 0 saturated heterocycles. The molecule has 1 aromatic carbocycles. The molecule has 2 atom stereocenters. The van der Waals surface area contributed by atoms with Crippen LogP contribution in [0.15, 0.2) is 30.3 Å². The maximum Gasteiger partial charge on any atom is 0.307 e. The van der Waals surface area contributed by atoms with Gasteiger partial charge in [0.2, 0.25) is 5.91 Å². The average Bonchev–Trinajstić information content (AvgIpc) is 2.61. The van der Waals surface area contributed by atoms with Crippen molar-refractivity contribution >= 4 is 11.9 Å². The van der Waals surface area contributed by atoms with E-state index in [1.807, 2.05) is 39.0 Å². The van der Waals surface area contributed by atoms with Crippen molar-refractivity contribution in [3.05, 3.63) is 35.9 Å². The first-order valence-corrected chi connectivity index (χ1v) is 9.54. The van der Waals surface area contributed by atoms with Crippen molar-refractivity contribution in [2.45, 2.75) is 47.0 Å². The van der Waals surface area contributed by atoms with Crippen LogP contribution in [0.2, 0.25) is 0 Å². The van der Waals surface area contributed by atoms with Gasteiger partial charge in [-0.2, -0.15) is 0 Å². The highest BCUT2D eigenvalue weighted by Gasteiger charge is 2.40. The van der Waals surface area contributed by atoms with Crippen LogP contribution in [0.3, 0.4) is 0 Å². The number of carboxylic acids is 1. The minimum atomic E-state index is -0.922. The third kappa shape index (κ3) is 7.16. The fourth-order valence-corrected chi connectivity index (χ4v) is 3.16. The van der Waals surface area contributed by atoms with Crippen molar-refractivity contribution in [3.8, 4) is 0 Å². The molecular formula is C21H34N2O3. The van der Waals surface area contributed by atoms with E-state index in [0.717, 1.165) is 32.4 Å². The predicted molar refractivity (Wildman–Crippen MR) is 105 cm³/mol. The number of rotatable bonds is 12. The number of hydrogen-bond donors (Lipinski definition) is 3. The van der Waals surface area contributed by atoms with Crippen molar-refractivity contribution in [1.29, 1.82) is 0 Å². The minimum absolute atomic E-state index is 0.156. The number of carbonyl (C=O) groups excluding carboxylic acids is 1. The molecule has 0 bridgehead atoms. The van der Waals surface area contributed by atoms with Crippen molar-refractivity contribution in [2.24, 2.45) is 17.3 Å².